The fourth-order valence-corrected chi connectivity index (χ4v) is 1.28. The van der Waals surface area contributed by atoms with Gasteiger partial charge in [0.2, 0.25) is 0 Å². The third-order valence-corrected chi connectivity index (χ3v) is 2.12. The van der Waals surface area contributed by atoms with Gasteiger partial charge in [-0.05, 0) is 19.1 Å². The van der Waals surface area contributed by atoms with E-state index in [0.29, 0.717) is 0 Å². The van der Waals surface area contributed by atoms with Crippen molar-refractivity contribution in [3.05, 3.63) is 47.8 Å². The van der Waals surface area contributed by atoms with Crippen LogP contribution in [0.3, 0.4) is 0 Å². The van der Waals surface area contributed by atoms with E-state index in [9.17, 15) is 0 Å². The zero-order valence-electron chi connectivity index (χ0n) is 8.01. The van der Waals surface area contributed by atoms with Crippen LogP contribution >= 0.6 is 0 Å². The lowest BCUT2D eigenvalue weighted by Gasteiger charge is -2.00. The minimum Gasteiger partial charge on any atom is -0.392 e. The quantitative estimate of drug-likeness (QED) is 0.778. The lowest BCUT2D eigenvalue weighted by molar-refractivity contribution is 0.282. The molecule has 0 atom stereocenters. The molecule has 0 bridgehead atoms. The SMILES string of the molecule is Cc1ccc(-n2cc(CO)cn2)cc1. The highest BCUT2D eigenvalue weighted by molar-refractivity contribution is 5.33. The molecule has 1 aromatic carbocycles. The Morgan fingerprint density at radius 2 is 2.00 bits per heavy atom. The van der Waals surface area contributed by atoms with Crippen LogP contribution in [0.2, 0.25) is 0 Å². The summed E-state index contributed by atoms with van der Waals surface area (Å²) in [6.45, 7) is 2.08. The standard InChI is InChI=1S/C11H12N2O/c1-9-2-4-11(5-3-9)13-7-10(8-14)6-12-13/h2-7,14H,8H2,1H3. The smallest absolute Gasteiger partial charge is 0.0712 e. The van der Waals surface area contributed by atoms with Crippen molar-refractivity contribution in [2.75, 3.05) is 0 Å². The first kappa shape index (κ1) is 8.97. The molecule has 0 amide bonds. The summed E-state index contributed by atoms with van der Waals surface area (Å²) in [5, 5.41) is 13.0. The second-order valence-electron chi connectivity index (χ2n) is 3.29. The molecule has 1 N–H and O–H groups in total. The second-order valence-corrected chi connectivity index (χ2v) is 3.29. The molecule has 1 heterocycles. The summed E-state index contributed by atoms with van der Waals surface area (Å²) in [4.78, 5) is 0. The van der Waals surface area contributed by atoms with E-state index in [1.807, 2.05) is 37.4 Å². The molecule has 0 saturated heterocycles. The van der Waals surface area contributed by atoms with Gasteiger partial charge in [-0.2, -0.15) is 5.10 Å². The Hall–Kier alpha value is -1.61. The van der Waals surface area contributed by atoms with Crippen molar-refractivity contribution in [3.8, 4) is 5.69 Å². The van der Waals surface area contributed by atoms with Gasteiger partial charge in [-0.3, -0.25) is 0 Å². The molecular weight excluding hydrogens is 176 g/mol. The average Bonchev–Trinajstić information content (AvgIpc) is 2.67. The van der Waals surface area contributed by atoms with Gasteiger partial charge in [0, 0.05) is 11.8 Å². The molecular formula is C11H12N2O. The Morgan fingerprint density at radius 1 is 1.29 bits per heavy atom. The zero-order valence-corrected chi connectivity index (χ0v) is 8.01. The third kappa shape index (κ3) is 1.67. The highest BCUT2D eigenvalue weighted by Crippen LogP contribution is 2.09. The molecule has 3 heteroatoms. The van der Waals surface area contributed by atoms with Gasteiger partial charge in [-0.15, -0.1) is 0 Å². The summed E-state index contributed by atoms with van der Waals surface area (Å²) in [6, 6.07) is 8.08. The van der Waals surface area contributed by atoms with E-state index in [4.69, 9.17) is 5.11 Å². The summed E-state index contributed by atoms with van der Waals surface area (Å²) in [6.07, 6.45) is 3.49. The lowest BCUT2D eigenvalue weighted by Crippen LogP contribution is -1.93. The second kappa shape index (κ2) is 3.64. The molecule has 0 aliphatic carbocycles. The van der Waals surface area contributed by atoms with E-state index in [2.05, 4.69) is 5.10 Å². The minimum absolute atomic E-state index is 0.0336. The molecule has 0 spiro atoms. The Bertz CT molecular complexity index is 417. The van der Waals surface area contributed by atoms with Crippen LogP contribution in [0.1, 0.15) is 11.1 Å². The molecule has 2 aromatic rings. The van der Waals surface area contributed by atoms with Gasteiger partial charge in [0.1, 0.15) is 0 Å². The summed E-state index contributed by atoms with van der Waals surface area (Å²) < 4.78 is 1.75. The van der Waals surface area contributed by atoms with Gasteiger partial charge in [0.05, 0.1) is 18.5 Å². The maximum absolute atomic E-state index is 8.89. The Labute approximate surface area is 82.6 Å². The molecule has 72 valence electrons. The van der Waals surface area contributed by atoms with Crippen molar-refractivity contribution in [2.45, 2.75) is 13.5 Å². The van der Waals surface area contributed by atoms with E-state index in [1.165, 1.54) is 5.56 Å². The normalized spacial score (nSPS) is 10.4. The van der Waals surface area contributed by atoms with Crippen LogP contribution in [-0.2, 0) is 6.61 Å². The van der Waals surface area contributed by atoms with Crippen molar-refractivity contribution >= 4 is 0 Å². The fourth-order valence-electron chi connectivity index (χ4n) is 1.28. The minimum atomic E-state index is 0.0336. The maximum Gasteiger partial charge on any atom is 0.0712 e. The van der Waals surface area contributed by atoms with Crippen LogP contribution in [0.25, 0.3) is 5.69 Å². The van der Waals surface area contributed by atoms with Crippen LogP contribution in [0, 0.1) is 6.92 Å². The van der Waals surface area contributed by atoms with Crippen molar-refractivity contribution in [1.82, 2.24) is 9.78 Å². The van der Waals surface area contributed by atoms with Crippen LogP contribution in [0.5, 0.6) is 0 Å². The summed E-state index contributed by atoms with van der Waals surface area (Å²) in [5.74, 6) is 0. The predicted molar refractivity (Wildman–Crippen MR) is 54.2 cm³/mol. The van der Waals surface area contributed by atoms with E-state index in [0.717, 1.165) is 11.3 Å². The van der Waals surface area contributed by atoms with Gasteiger partial charge < -0.3 is 5.11 Å². The summed E-state index contributed by atoms with van der Waals surface area (Å²) >= 11 is 0. The van der Waals surface area contributed by atoms with Crippen LogP contribution in [-0.4, -0.2) is 14.9 Å². The first-order valence-corrected chi connectivity index (χ1v) is 4.51. The molecule has 3 nitrogen and oxygen atoms in total. The number of hydrogen-bond acceptors (Lipinski definition) is 2. The van der Waals surface area contributed by atoms with E-state index in [1.54, 1.807) is 10.9 Å². The largest absolute Gasteiger partial charge is 0.392 e. The van der Waals surface area contributed by atoms with E-state index in [-0.39, 0.29) is 6.61 Å². The van der Waals surface area contributed by atoms with Crippen LogP contribution in [0.4, 0.5) is 0 Å². The molecule has 14 heavy (non-hydrogen) atoms. The Balaban J connectivity index is 2.34. The number of hydrogen-bond donors (Lipinski definition) is 1. The topological polar surface area (TPSA) is 38.0 Å². The van der Waals surface area contributed by atoms with Gasteiger partial charge in [-0.1, -0.05) is 17.7 Å². The number of aryl methyl sites for hydroxylation is 1. The zero-order chi connectivity index (χ0) is 9.97. The van der Waals surface area contributed by atoms with Gasteiger partial charge in [0.25, 0.3) is 0 Å². The number of nitrogens with zero attached hydrogens (tertiary/aromatic N) is 2. The number of benzene rings is 1. The number of aliphatic hydroxyl groups excluding tert-OH is 1. The maximum atomic E-state index is 8.89. The molecule has 0 saturated carbocycles. The monoisotopic (exact) mass is 188 g/mol. The molecule has 1 aromatic heterocycles. The molecule has 2 rings (SSSR count). The highest BCUT2D eigenvalue weighted by Gasteiger charge is 1.98. The number of aliphatic hydroxyl groups is 1. The molecule has 0 aliphatic rings. The predicted octanol–water partition coefficient (Wildman–Crippen LogP) is 1.67. The number of aromatic nitrogens is 2. The van der Waals surface area contributed by atoms with Crippen molar-refractivity contribution in [2.24, 2.45) is 0 Å². The van der Waals surface area contributed by atoms with Crippen molar-refractivity contribution in [3.63, 3.8) is 0 Å². The molecule has 0 radical (unpaired) electrons. The molecule has 0 aliphatic heterocycles. The van der Waals surface area contributed by atoms with Crippen LogP contribution in [0.15, 0.2) is 36.7 Å². The number of rotatable bonds is 2. The fraction of sp³-hybridized carbons (Fsp3) is 0.182. The molecule has 0 fully saturated rings. The van der Waals surface area contributed by atoms with Gasteiger partial charge in [0.15, 0.2) is 0 Å². The Morgan fingerprint density at radius 3 is 2.57 bits per heavy atom. The van der Waals surface area contributed by atoms with Crippen molar-refractivity contribution in [1.29, 1.82) is 0 Å². The van der Waals surface area contributed by atoms with Gasteiger partial charge in [-0.25, -0.2) is 4.68 Å². The van der Waals surface area contributed by atoms with Crippen LogP contribution < -0.4 is 0 Å². The first-order valence-electron chi connectivity index (χ1n) is 4.51. The lowest BCUT2D eigenvalue weighted by atomic mass is 10.2. The average molecular weight is 188 g/mol. The summed E-state index contributed by atoms with van der Waals surface area (Å²) in [7, 11) is 0. The van der Waals surface area contributed by atoms with E-state index >= 15 is 0 Å². The van der Waals surface area contributed by atoms with Crippen molar-refractivity contribution < 1.29 is 5.11 Å². The first-order chi connectivity index (χ1) is 6.79. The van der Waals surface area contributed by atoms with E-state index < -0.39 is 0 Å². The Kier molecular flexibility index (Phi) is 2.33. The highest BCUT2D eigenvalue weighted by atomic mass is 16.3. The summed E-state index contributed by atoms with van der Waals surface area (Å²) in [5.41, 5.74) is 3.06. The third-order valence-electron chi connectivity index (χ3n) is 2.12. The molecule has 0 unspecified atom stereocenters. The van der Waals surface area contributed by atoms with Gasteiger partial charge >= 0.3 is 0 Å².